The molecular formula is C16H26O2S. The van der Waals surface area contributed by atoms with Gasteiger partial charge >= 0.3 is 0 Å². The Morgan fingerprint density at radius 1 is 1.05 bits per heavy atom. The molecule has 0 saturated carbocycles. The predicted octanol–water partition coefficient (Wildman–Crippen LogP) is 4.48. The van der Waals surface area contributed by atoms with Crippen LogP contribution in [0.2, 0.25) is 0 Å². The van der Waals surface area contributed by atoms with E-state index < -0.39 is 0 Å². The summed E-state index contributed by atoms with van der Waals surface area (Å²) in [5.41, 5.74) is 1.80. The van der Waals surface area contributed by atoms with E-state index in [0.717, 1.165) is 22.6 Å². The molecule has 19 heavy (non-hydrogen) atoms. The molecule has 1 aromatic rings. The number of aliphatic hydroxyl groups excluding tert-OH is 1. The first-order valence-electron chi connectivity index (χ1n) is 7.27. The van der Waals surface area contributed by atoms with Gasteiger partial charge in [-0.3, -0.25) is 0 Å². The van der Waals surface area contributed by atoms with Crippen LogP contribution in [0.25, 0.3) is 0 Å². The molecule has 108 valence electrons. The molecule has 0 saturated heterocycles. The highest BCUT2D eigenvalue weighted by atomic mass is 32.2. The molecule has 0 aliphatic carbocycles. The van der Waals surface area contributed by atoms with Crippen LogP contribution in [0.4, 0.5) is 0 Å². The van der Waals surface area contributed by atoms with E-state index in [1.165, 1.54) is 38.5 Å². The van der Waals surface area contributed by atoms with Gasteiger partial charge in [-0.15, -0.1) is 0 Å². The van der Waals surface area contributed by atoms with E-state index in [1.807, 2.05) is 17.8 Å². The van der Waals surface area contributed by atoms with Gasteiger partial charge in [-0.2, -0.15) is 11.8 Å². The molecule has 0 spiro atoms. The highest BCUT2D eigenvalue weighted by molar-refractivity contribution is 7.98. The lowest BCUT2D eigenvalue weighted by Crippen LogP contribution is -1.89. The van der Waals surface area contributed by atoms with E-state index in [0.29, 0.717) is 5.75 Å². The Bertz CT molecular complexity index is 353. The van der Waals surface area contributed by atoms with Crippen molar-refractivity contribution in [3.05, 3.63) is 29.3 Å². The molecule has 0 bridgehead atoms. The molecule has 1 rings (SSSR count). The summed E-state index contributed by atoms with van der Waals surface area (Å²) in [4.78, 5) is 0. The van der Waals surface area contributed by atoms with Crippen molar-refractivity contribution in [2.45, 2.75) is 57.8 Å². The molecule has 0 heterocycles. The third-order valence-electron chi connectivity index (χ3n) is 3.23. The summed E-state index contributed by atoms with van der Waals surface area (Å²) in [6.07, 6.45) is 7.94. The second-order valence-electron chi connectivity index (χ2n) is 4.94. The van der Waals surface area contributed by atoms with Crippen LogP contribution in [0.15, 0.2) is 18.2 Å². The Morgan fingerprint density at radius 2 is 1.79 bits per heavy atom. The fourth-order valence-corrected chi connectivity index (χ4v) is 3.02. The van der Waals surface area contributed by atoms with E-state index >= 15 is 0 Å². The molecule has 2 N–H and O–H groups in total. The molecule has 3 heteroatoms. The maximum absolute atomic E-state index is 9.74. The van der Waals surface area contributed by atoms with Crippen LogP contribution in [-0.2, 0) is 12.4 Å². The normalized spacial score (nSPS) is 10.8. The lowest BCUT2D eigenvalue weighted by Gasteiger charge is -2.06. The van der Waals surface area contributed by atoms with Crippen LogP contribution in [0, 0.1) is 0 Å². The lowest BCUT2D eigenvalue weighted by atomic mass is 10.1. The van der Waals surface area contributed by atoms with E-state index in [-0.39, 0.29) is 6.61 Å². The largest absolute Gasteiger partial charge is 0.508 e. The molecule has 0 aromatic heterocycles. The van der Waals surface area contributed by atoms with Crippen molar-refractivity contribution in [1.29, 1.82) is 0 Å². The average molecular weight is 282 g/mol. The summed E-state index contributed by atoms with van der Waals surface area (Å²) in [7, 11) is 0. The molecule has 0 atom stereocenters. The number of unbranched alkanes of at least 4 members (excludes halogenated alkanes) is 5. The maximum atomic E-state index is 9.74. The fraction of sp³-hybridized carbons (Fsp3) is 0.625. The van der Waals surface area contributed by atoms with E-state index in [1.54, 1.807) is 12.1 Å². The van der Waals surface area contributed by atoms with Crippen molar-refractivity contribution in [2.75, 3.05) is 5.75 Å². The number of hydrogen-bond acceptors (Lipinski definition) is 3. The Hall–Kier alpha value is -0.670. The minimum Gasteiger partial charge on any atom is -0.508 e. The van der Waals surface area contributed by atoms with Crippen molar-refractivity contribution in [1.82, 2.24) is 0 Å². The monoisotopic (exact) mass is 282 g/mol. The number of thioether (sulfide) groups is 1. The highest BCUT2D eigenvalue weighted by Gasteiger charge is 2.02. The van der Waals surface area contributed by atoms with Gasteiger partial charge in [0.15, 0.2) is 0 Å². The molecule has 0 unspecified atom stereocenters. The summed E-state index contributed by atoms with van der Waals surface area (Å²) in [5.74, 6) is 2.32. The summed E-state index contributed by atoms with van der Waals surface area (Å²) in [6, 6.07) is 5.33. The van der Waals surface area contributed by atoms with Gasteiger partial charge in [0.2, 0.25) is 0 Å². The van der Waals surface area contributed by atoms with Crippen LogP contribution in [0.1, 0.15) is 56.6 Å². The molecule has 1 aromatic carbocycles. The number of benzene rings is 1. The minimum atomic E-state index is 0.0371. The first-order valence-corrected chi connectivity index (χ1v) is 8.42. The van der Waals surface area contributed by atoms with Gasteiger partial charge in [0.1, 0.15) is 5.75 Å². The number of aromatic hydroxyl groups is 1. The van der Waals surface area contributed by atoms with Gasteiger partial charge in [-0.05, 0) is 29.9 Å². The highest BCUT2D eigenvalue weighted by Crippen LogP contribution is 2.24. The zero-order chi connectivity index (χ0) is 13.9. The molecule has 0 aliphatic rings. The van der Waals surface area contributed by atoms with Crippen LogP contribution >= 0.6 is 11.8 Å². The van der Waals surface area contributed by atoms with Gasteiger partial charge in [-0.1, -0.05) is 45.1 Å². The number of aliphatic hydroxyl groups is 1. The van der Waals surface area contributed by atoms with Crippen molar-refractivity contribution in [2.24, 2.45) is 0 Å². The van der Waals surface area contributed by atoms with Gasteiger partial charge < -0.3 is 10.2 Å². The fourth-order valence-electron chi connectivity index (χ4n) is 2.02. The van der Waals surface area contributed by atoms with Gasteiger partial charge in [-0.25, -0.2) is 0 Å². The molecule has 0 radical (unpaired) electrons. The van der Waals surface area contributed by atoms with Crippen LogP contribution in [-0.4, -0.2) is 16.0 Å². The van der Waals surface area contributed by atoms with Crippen LogP contribution in [0.5, 0.6) is 5.75 Å². The van der Waals surface area contributed by atoms with Crippen molar-refractivity contribution >= 4 is 11.8 Å². The molecule has 0 amide bonds. The van der Waals surface area contributed by atoms with Crippen LogP contribution < -0.4 is 0 Å². The van der Waals surface area contributed by atoms with E-state index in [2.05, 4.69) is 6.92 Å². The lowest BCUT2D eigenvalue weighted by molar-refractivity contribution is 0.281. The quantitative estimate of drug-likeness (QED) is 0.622. The standard InChI is InChI=1S/C16H26O2S/c1-2-3-4-5-6-7-10-19-13-15-11-14(12-17)8-9-16(15)18/h8-9,11,17-18H,2-7,10,12-13H2,1H3. The van der Waals surface area contributed by atoms with Gasteiger partial charge in [0.25, 0.3) is 0 Å². The summed E-state index contributed by atoms with van der Waals surface area (Å²) < 4.78 is 0. The second-order valence-corrected chi connectivity index (χ2v) is 6.05. The Balaban J connectivity index is 2.15. The number of hydrogen-bond donors (Lipinski definition) is 2. The van der Waals surface area contributed by atoms with Crippen molar-refractivity contribution in [3.8, 4) is 5.75 Å². The molecule has 0 fully saturated rings. The third kappa shape index (κ3) is 6.88. The first-order chi connectivity index (χ1) is 9.27. The average Bonchev–Trinajstić information content (AvgIpc) is 2.43. The predicted molar refractivity (Wildman–Crippen MR) is 83.6 cm³/mol. The number of phenolic OH excluding ortho intramolecular Hbond substituents is 1. The van der Waals surface area contributed by atoms with Gasteiger partial charge in [0, 0.05) is 11.3 Å². The first kappa shape index (κ1) is 16.4. The van der Waals surface area contributed by atoms with Crippen molar-refractivity contribution < 1.29 is 10.2 Å². The molecule has 0 aliphatic heterocycles. The van der Waals surface area contributed by atoms with E-state index in [9.17, 15) is 5.11 Å². The summed E-state index contributed by atoms with van der Waals surface area (Å²) in [5, 5.41) is 18.8. The number of phenols is 1. The molecular weight excluding hydrogens is 256 g/mol. The summed E-state index contributed by atoms with van der Waals surface area (Å²) >= 11 is 1.86. The Morgan fingerprint density at radius 3 is 2.53 bits per heavy atom. The second kappa shape index (κ2) is 10.2. The minimum absolute atomic E-state index is 0.0371. The molecule has 2 nitrogen and oxygen atoms in total. The third-order valence-corrected chi connectivity index (χ3v) is 4.32. The van der Waals surface area contributed by atoms with Crippen LogP contribution in [0.3, 0.4) is 0 Å². The number of rotatable bonds is 10. The maximum Gasteiger partial charge on any atom is 0.119 e. The Labute approximate surface area is 121 Å². The zero-order valence-corrected chi connectivity index (χ0v) is 12.7. The van der Waals surface area contributed by atoms with Gasteiger partial charge in [0.05, 0.1) is 6.61 Å². The van der Waals surface area contributed by atoms with E-state index in [4.69, 9.17) is 5.11 Å². The summed E-state index contributed by atoms with van der Waals surface area (Å²) in [6.45, 7) is 2.28. The topological polar surface area (TPSA) is 40.5 Å². The SMILES string of the molecule is CCCCCCCCSCc1cc(CO)ccc1O. The smallest absolute Gasteiger partial charge is 0.119 e. The zero-order valence-electron chi connectivity index (χ0n) is 11.9. The Kier molecular flexibility index (Phi) is 8.76. The van der Waals surface area contributed by atoms with Crippen molar-refractivity contribution in [3.63, 3.8) is 0 Å².